The number of carbonyl (C=O) groups is 1. The zero-order valence-corrected chi connectivity index (χ0v) is 19.8. The summed E-state index contributed by atoms with van der Waals surface area (Å²) in [7, 11) is 3.46. The van der Waals surface area contributed by atoms with Crippen molar-refractivity contribution in [1.29, 1.82) is 0 Å². The summed E-state index contributed by atoms with van der Waals surface area (Å²) in [5, 5.41) is 0. The Morgan fingerprint density at radius 2 is 1.84 bits per heavy atom. The van der Waals surface area contributed by atoms with Gasteiger partial charge in [-0.3, -0.25) is 15.6 Å². The Morgan fingerprint density at radius 1 is 1.06 bits per heavy atom. The maximum atomic E-state index is 12.8. The summed E-state index contributed by atoms with van der Waals surface area (Å²) in [4.78, 5) is 14.6. The highest BCUT2D eigenvalue weighted by Crippen LogP contribution is 2.29. The number of unbranched alkanes of at least 4 members (excludes halogenated alkanes) is 2. The van der Waals surface area contributed by atoms with Crippen LogP contribution in [0.4, 0.5) is 0 Å². The second-order valence-electron chi connectivity index (χ2n) is 8.79. The average Bonchev–Trinajstić information content (AvgIpc) is 3.27. The van der Waals surface area contributed by atoms with Gasteiger partial charge in [0.2, 0.25) is 0 Å². The Kier molecular flexibility index (Phi) is 8.94. The Labute approximate surface area is 192 Å². The Balaban J connectivity index is 1.38. The normalized spacial score (nSPS) is 18.0. The maximum Gasteiger partial charge on any atom is 0.253 e. The first-order valence-corrected chi connectivity index (χ1v) is 11.6. The van der Waals surface area contributed by atoms with Crippen LogP contribution in [-0.2, 0) is 0 Å². The summed E-state index contributed by atoms with van der Waals surface area (Å²) in [6, 6.07) is 16.8. The van der Waals surface area contributed by atoms with Crippen molar-refractivity contribution in [2.24, 2.45) is 0 Å². The van der Waals surface area contributed by atoms with Crippen LogP contribution in [-0.4, -0.2) is 43.7 Å². The lowest BCUT2D eigenvalue weighted by Crippen LogP contribution is -2.30. The van der Waals surface area contributed by atoms with Crippen molar-refractivity contribution in [1.82, 2.24) is 15.8 Å². The SMILES string of the molecule is COc1cc(C(=O)N(C)CCCCCC2CC(c3ccccc3)NN2)ccc1OC(C)C. The molecule has 2 unspecified atom stereocenters. The van der Waals surface area contributed by atoms with Gasteiger partial charge in [0.1, 0.15) is 0 Å². The lowest BCUT2D eigenvalue weighted by atomic mass is 9.99. The van der Waals surface area contributed by atoms with Crippen molar-refractivity contribution in [3.63, 3.8) is 0 Å². The molecule has 0 saturated carbocycles. The first-order valence-electron chi connectivity index (χ1n) is 11.6. The van der Waals surface area contributed by atoms with E-state index in [2.05, 4.69) is 41.2 Å². The highest BCUT2D eigenvalue weighted by Gasteiger charge is 2.24. The molecule has 1 heterocycles. The molecule has 1 aliphatic heterocycles. The van der Waals surface area contributed by atoms with E-state index in [-0.39, 0.29) is 12.0 Å². The number of rotatable bonds is 11. The van der Waals surface area contributed by atoms with E-state index in [4.69, 9.17) is 9.47 Å². The average molecular weight is 440 g/mol. The summed E-state index contributed by atoms with van der Waals surface area (Å²) in [6.07, 6.45) is 5.56. The molecule has 2 atom stereocenters. The highest BCUT2D eigenvalue weighted by atomic mass is 16.5. The fourth-order valence-corrected chi connectivity index (χ4v) is 4.11. The van der Waals surface area contributed by atoms with Gasteiger partial charge in [0.25, 0.3) is 5.91 Å². The van der Waals surface area contributed by atoms with E-state index in [1.807, 2.05) is 27.0 Å². The lowest BCUT2D eigenvalue weighted by Gasteiger charge is -2.19. The van der Waals surface area contributed by atoms with Crippen molar-refractivity contribution in [2.45, 2.75) is 64.1 Å². The molecule has 0 aromatic heterocycles. The molecule has 1 amide bonds. The quantitative estimate of drug-likeness (QED) is 0.496. The third-order valence-corrected chi connectivity index (χ3v) is 5.85. The molecule has 1 aliphatic rings. The molecule has 2 aromatic carbocycles. The van der Waals surface area contributed by atoms with Gasteiger partial charge < -0.3 is 14.4 Å². The van der Waals surface area contributed by atoms with Crippen molar-refractivity contribution < 1.29 is 14.3 Å². The number of carbonyl (C=O) groups excluding carboxylic acids is 1. The third kappa shape index (κ3) is 6.71. The smallest absolute Gasteiger partial charge is 0.253 e. The predicted molar refractivity (Wildman–Crippen MR) is 128 cm³/mol. The molecule has 2 N–H and O–H groups in total. The van der Waals surface area contributed by atoms with Crippen LogP contribution in [0.1, 0.15) is 67.9 Å². The minimum atomic E-state index is 0.00626. The van der Waals surface area contributed by atoms with Crippen LogP contribution in [0, 0.1) is 0 Å². The van der Waals surface area contributed by atoms with Crippen molar-refractivity contribution in [2.75, 3.05) is 20.7 Å². The number of hydrogen-bond acceptors (Lipinski definition) is 5. The number of ether oxygens (including phenoxy) is 2. The van der Waals surface area contributed by atoms with Crippen LogP contribution in [0.5, 0.6) is 11.5 Å². The number of methoxy groups -OCH3 is 1. The number of nitrogens with zero attached hydrogens (tertiary/aromatic N) is 1. The number of benzene rings is 2. The van der Waals surface area contributed by atoms with Gasteiger partial charge in [-0.25, -0.2) is 0 Å². The summed E-state index contributed by atoms with van der Waals surface area (Å²) in [5.41, 5.74) is 8.81. The van der Waals surface area contributed by atoms with E-state index in [0.29, 0.717) is 29.1 Å². The predicted octanol–water partition coefficient (Wildman–Crippen LogP) is 4.72. The molecule has 1 fully saturated rings. The zero-order valence-electron chi connectivity index (χ0n) is 19.8. The van der Waals surface area contributed by atoms with Crippen LogP contribution < -0.4 is 20.3 Å². The molecule has 32 heavy (non-hydrogen) atoms. The topological polar surface area (TPSA) is 62.8 Å². The fourth-order valence-electron chi connectivity index (χ4n) is 4.11. The molecule has 0 aliphatic carbocycles. The summed E-state index contributed by atoms with van der Waals surface area (Å²) in [5.74, 6) is 1.25. The van der Waals surface area contributed by atoms with E-state index in [9.17, 15) is 4.79 Å². The number of hydrazine groups is 1. The van der Waals surface area contributed by atoms with Crippen LogP contribution in [0.3, 0.4) is 0 Å². The molecule has 0 radical (unpaired) electrons. The minimum absolute atomic E-state index is 0.00626. The van der Waals surface area contributed by atoms with Gasteiger partial charge in [-0.1, -0.05) is 43.2 Å². The van der Waals surface area contributed by atoms with Crippen molar-refractivity contribution in [3.05, 3.63) is 59.7 Å². The van der Waals surface area contributed by atoms with E-state index >= 15 is 0 Å². The first-order chi connectivity index (χ1) is 15.5. The van der Waals surface area contributed by atoms with Gasteiger partial charge in [-0.05, 0) is 56.9 Å². The monoisotopic (exact) mass is 439 g/mol. The Bertz CT molecular complexity index is 857. The number of nitrogens with one attached hydrogen (secondary N) is 2. The van der Waals surface area contributed by atoms with Crippen LogP contribution in [0.25, 0.3) is 0 Å². The van der Waals surface area contributed by atoms with E-state index < -0.39 is 0 Å². The van der Waals surface area contributed by atoms with Crippen LogP contribution in [0.2, 0.25) is 0 Å². The molecule has 6 heteroatoms. The van der Waals surface area contributed by atoms with Gasteiger partial charge in [0, 0.05) is 31.2 Å². The molecule has 0 spiro atoms. The molecule has 2 aromatic rings. The first kappa shape index (κ1) is 24.1. The Hall–Kier alpha value is -2.57. The molecule has 174 valence electrons. The molecular formula is C26H37N3O3. The number of hydrogen-bond donors (Lipinski definition) is 2. The molecule has 0 bridgehead atoms. The second kappa shape index (κ2) is 11.9. The van der Waals surface area contributed by atoms with Gasteiger partial charge in [-0.15, -0.1) is 0 Å². The van der Waals surface area contributed by atoms with E-state index in [1.165, 1.54) is 5.56 Å². The minimum Gasteiger partial charge on any atom is -0.493 e. The second-order valence-corrected chi connectivity index (χ2v) is 8.79. The van der Waals surface area contributed by atoms with Gasteiger partial charge >= 0.3 is 0 Å². The summed E-state index contributed by atoms with van der Waals surface area (Å²) in [6.45, 7) is 4.68. The van der Waals surface area contributed by atoms with E-state index in [1.54, 1.807) is 24.1 Å². The summed E-state index contributed by atoms with van der Waals surface area (Å²) >= 11 is 0. The van der Waals surface area contributed by atoms with Crippen molar-refractivity contribution >= 4 is 5.91 Å². The van der Waals surface area contributed by atoms with E-state index in [0.717, 1.165) is 38.6 Å². The third-order valence-electron chi connectivity index (χ3n) is 5.85. The largest absolute Gasteiger partial charge is 0.493 e. The van der Waals surface area contributed by atoms with Crippen LogP contribution in [0.15, 0.2) is 48.5 Å². The van der Waals surface area contributed by atoms with Gasteiger partial charge in [-0.2, -0.15) is 0 Å². The van der Waals surface area contributed by atoms with Crippen LogP contribution >= 0.6 is 0 Å². The molecule has 3 rings (SSSR count). The number of amides is 1. The molecule has 1 saturated heterocycles. The molecule has 6 nitrogen and oxygen atoms in total. The van der Waals surface area contributed by atoms with Crippen molar-refractivity contribution in [3.8, 4) is 11.5 Å². The highest BCUT2D eigenvalue weighted by molar-refractivity contribution is 5.94. The fraction of sp³-hybridized carbons (Fsp3) is 0.500. The maximum absolute atomic E-state index is 12.8. The molecular weight excluding hydrogens is 402 g/mol. The summed E-state index contributed by atoms with van der Waals surface area (Å²) < 4.78 is 11.1. The Morgan fingerprint density at radius 3 is 2.56 bits per heavy atom. The lowest BCUT2D eigenvalue weighted by molar-refractivity contribution is 0.0792. The van der Waals surface area contributed by atoms with Gasteiger partial charge in [0.15, 0.2) is 11.5 Å². The zero-order chi connectivity index (χ0) is 22.9. The standard InChI is InChI=1S/C26H37N3O3/c1-19(2)32-24-15-14-21(17-25(24)31-4)26(30)29(3)16-10-6-9-13-22-18-23(28-27-22)20-11-7-5-8-12-20/h5,7-8,11-12,14-15,17,19,22-23,27-28H,6,9-10,13,16,18H2,1-4H3. The van der Waals surface area contributed by atoms with Gasteiger partial charge in [0.05, 0.1) is 13.2 Å².